The summed E-state index contributed by atoms with van der Waals surface area (Å²) in [6, 6.07) is 9.66. The zero-order valence-corrected chi connectivity index (χ0v) is 11.8. The molecule has 0 bridgehead atoms. The van der Waals surface area contributed by atoms with Gasteiger partial charge in [0.2, 0.25) is 5.91 Å². The fourth-order valence-electron chi connectivity index (χ4n) is 1.82. The van der Waals surface area contributed by atoms with E-state index >= 15 is 0 Å². The van der Waals surface area contributed by atoms with Crippen molar-refractivity contribution in [2.75, 3.05) is 0 Å². The van der Waals surface area contributed by atoms with Crippen LogP contribution in [0.1, 0.15) is 45.6 Å². The Labute approximate surface area is 114 Å². The minimum atomic E-state index is -0.237. The van der Waals surface area contributed by atoms with Crippen LogP contribution in [0.3, 0.4) is 0 Å². The van der Waals surface area contributed by atoms with Crippen molar-refractivity contribution in [3.63, 3.8) is 0 Å². The highest BCUT2D eigenvalue weighted by atomic mass is 16.2. The van der Waals surface area contributed by atoms with E-state index in [-0.39, 0.29) is 18.1 Å². The van der Waals surface area contributed by atoms with Gasteiger partial charge >= 0.3 is 0 Å². The molecule has 0 fully saturated rings. The maximum Gasteiger partial charge on any atom is 0.231 e. The van der Waals surface area contributed by atoms with Gasteiger partial charge in [-0.05, 0) is 25.8 Å². The summed E-state index contributed by atoms with van der Waals surface area (Å²) in [5, 5.41) is 2.84. The lowest BCUT2D eigenvalue weighted by molar-refractivity contribution is -0.127. The summed E-state index contributed by atoms with van der Waals surface area (Å²) in [6.07, 6.45) is 1.20. The molecule has 3 heteroatoms. The van der Waals surface area contributed by atoms with E-state index in [1.165, 1.54) is 0 Å². The average Bonchev–Trinajstić information content (AvgIpc) is 2.37. The lowest BCUT2D eigenvalue weighted by Gasteiger charge is -2.12. The normalized spacial score (nSPS) is 9.84. The van der Waals surface area contributed by atoms with Crippen LogP contribution in [-0.2, 0) is 9.59 Å². The number of rotatable bonds is 6. The molecule has 0 unspecified atom stereocenters. The molecule has 0 saturated heterocycles. The Morgan fingerprint density at radius 1 is 1.11 bits per heavy atom. The van der Waals surface area contributed by atoms with Gasteiger partial charge in [-0.2, -0.15) is 0 Å². The van der Waals surface area contributed by atoms with Crippen molar-refractivity contribution in [2.45, 2.75) is 40.0 Å². The lowest BCUT2D eigenvalue weighted by atomic mass is 10.1. The van der Waals surface area contributed by atoms with Gasteiger partial charge in [0, 0.05) is 12.1 Å². The van der Waals surface area contributed by atoms with Crippen molar-refractivity contribution in [3.05, 3.63) is 41.5 Å². The van der Waals surface area contributed by atoms with Crippen molar-refractivity contribution >= 4 is 17.4 Å². The van der Waals surface area contributed by atoms with E-state index in [0.717, 1.165) is 23.3 Å². The Morgan fingerprint density at radius 2 is 1.74 bits per heavy atom. The summed E-state index contributed by atoms with van der Waals surface area (Å²) < 4.78 is 0. The zero-order chi connectivity index (χ0) is 14.3. The van der Waals surface area contributed by atoms with Gasteiger partial charge in [-0.3, -0.25) is 9.59 Å². The van der Waals surface area contributed by atoms with E-state index in [4.69, 9.17) is 0 Å². The molecule has 3 nitrogen and oxygen atoms in total. The number of benzene rings is 1. The molecule has 1 rings (SSSR count). The second-order valence-corrected chi connectivity index (χ2v) is 4.75. The highest BCUT2D eigenvalue weighted by Gasteiger charge is 2.12. The summed E-state index contributed by atoms with van der Waals surface area (Å²) >= 11 is 0. The molecule has 0 spiro atoms. The van der Waals surface area contributed by atoms with Crippen LogP contribution < -0.4 is 5.32 Å². The van der Waals surface area contributed by atoms with Crippen LogP contribution in [0.2, 0.25) is 0 Å². The highest BCUT2D eigenvalue weighted by Crippen LogP contribution is 2.15. The van der Waals surface area contributed by atoms with Crippen LogP contribution >= 0.6 is 0 Å². The first-order valence-electron chi connectivity index (χ1n) is 6.59. The van der Waals surface area contributed by atoms with E-state index in [1.807, 2.05) is 51.1 Å². The van der Waals surface area contributed by atoms with Gasteiger partial charge in [-0.25, -0.2) is 0 Å². The van der Waals surface area contributed by atoms with Crippen molar-refractivity contribution < 1.29 is 9.59 Å². The Bertz CT molecular complexity index is 471. The molecule has 0 saturated carbocycles. The van der Waals surface area contributed by atoms with Crippen LogP contribution in [0, 0.1) is 0 Å². The smallest absolute Gasteiger partial charge is 0.231 e. The molecule has 1 aromatic carbocycles. The quantitative estimate of drug-likeness (QED) is 0.797. The van der Waals surface area contributed by atoms with Crippen molar-refractivity contribution in [2.24, 2.45) is 0 Å². The van der Waals surface area contributed by atoms with Crippen LogP contribution in [-0.4, -0.2) is 11.7 Å². The van der Waals surface area contributed by atoms with Gasteiger partial charge in [-0.15, -0.1) is 0 Å². The number of nitrogens with one attached hydrogen (secondary N) is 1. The number of hydrogen-bond donors (Lipinski definition) is 1. The van der Waals surface area contributed by atoms with Gasteiger partial charge in [0.1, 0.15) is 5.78 Å². The Hall–Kier alpha value is -1.90. The molecule has 0 atom stereocenters. The molecule has 102 valence electrons. The number of hydrogen-bond acceptors (Lipinski definition) is 2. The third-order valence-corrected chi connectivity index (χ3v) is 2.71. The largest absolute Gasteiger partial charge is 0.325 e. The van der Waals surface area contributed by atoms with Gasteiger partial charge in [0.25, 0.3) is 0 Å². The average molecular weight is 259 g/mol. The SMILES string of the molecule is CCCC(=O)CC(=O)NC(=C(C)C)c1ccccc1. The van der Waals surface area contributed by atoms with Crippen LogP contribution in [0.5, 0.6) is 0 Å². The zero-order valence-electron chi connectivity index (χ0n) is 11.8. The Kier molecular flexibility index (Phi) is 6.00. The number of allylic oxidation sites excluding steroid dienone is 1. The molecule has 1 amide bonds. The summed E-state index contributed by atoms with van der Waals surface area (Å²) in [4.78, 5) is 23.3. The molecule has 0 aromatic heterocycles. The van der Waals surface area contributed by atoms with Gasteiger partial charge < -0.3 is 5.32 Å². The number of amides is 1. The van der Waals surface area contributed by atoms with Crippen LogP contribution in [0.15, 0.2) is 35.9 Å². The molecule has 19 heavy (non-hydrogen) atoms. The maximum absolute atomic E-state index is 11.9. The molecule has 0 aliphatic rings. The monoisotopic (exact) mass is 259 g/mol. The maximum atomic E-state index is 11.9. The summed E-state index contributed by atoms with van der Waals surface area (Å²) in [6.45, 7) is 5.81. The van der Waals surface area contributed by atoms with E-state index in [0.29, 0.717) is 6.42 Å². The second kappa shape index (κ2) is 7.52. The van der Waals surface area contributed by atoms with Gasteiger partial charge in [0.15, 0.2) is 0 Å². The van der Waals surface area contributed by atoms with Crippen molar-refractivity contribution in [3.8, 4) is 0 Å². The second-order valence-electron chi connectivity index (χ2n) is 4.75. The highest BCUT2D eigenvalue weighted by molar-refractivity contribution is 6.01. The number of carbonyl (C=O) groups excluding carboxylic acids is 2. The van der Waals surface area contributed by atoms with Gasteiger partial charge in [-0.1, -0.05) is 42.8 Å². The molecule has 0 heterocycles. The first-order chi connectivity index (χ1) is 9.04. The Balaban J connectivity index is 2.75. The molecule has 0 aliphatic carbocycles. The van der Waals surface area contributed by atoms with Crippen molar-refractivity contribution in [1.29, 1.82) is 0 Å². The molecule has 1 N–H and O–H groups in total. The summed E-state index contributed by atoms with van der Waals surface area (Å²) in [5.41, 5.74) is 2.76. The van der Waals surface area contributed by atoms with E-state index < -0.39 is 0 Å². The summed E-state index contributed by atoms with van der Waals surface area (Å²) in [7, 11) is 0. The number of ketones is 1. The molecule has 0 radical (unpaired) electrons. The number of carbonyl (C=O) groups is 2. The van der Waals surface area contributed by atoms with E-state index in [1.54, 1.807) is 0 Å². The first kappa shape index (κ1) is 15.2. The van der Waals surface area contributed by atoms with Crippen LogP contribution in [0.25, 0.3) is 5.70 Å². The molecule has 0 aliphatic heterocycles. The summed E-state index contributed by atoms with van der Waals surface area (Å²) in [5.74, 6) is -0.250. The fourth-order valence-corrected chi connectivity index (χ4v) is 1.82. The minimum Gasteiger partial charge on any atom is -0.325 e. The van der Waals surface area contributed by atoms with Gasteiger partial charge in [0.05, 0.1) is 6.42 Å². The standard InChI is InChI=1S/C16H21NO2/c1-4-8-14(18)11-15(19)17-16(12(2)3)13-9-6-5-7-10-13/h5-7,9-10H,4,8,11H2,1-3H3,(H,17,19). The molecule has 1 aromatic rings. The van der Waals surface area contributed by atoms with Crippen molar-refractivity contribution in [1.82, 2.24) is 5.32 Å². The predicted molar refractivity (Wildman–Crippen MR) is 77.4 cm³/mol. The number of Topliss-reactive ketones (excluding diaryl/α,β-unsaturated/α-hetero) is 1. The Morgan fingerprint density at radius 3 is 2.26 bits per heavy atom. The molecular weight excluding hydrogens is 238 g/mol. The van der Waals surface area contributed by atoms with E-state index in [2.05, 4.69) is 5.32 Å². The predicted octanol–water partition coefficient (Wildman–Crippen LogP) is 3.31. The topological polar surface area (TPSA) is 46.2 Å². The third-order valence-electron chi connectivity index (χ3n) is 2.71. The lowest BCUT2D eigenvalue weighted by Crippen LogP contribution is -2.25. The first-order valence-corrected chi connectivity index (χ1v) is 6.59. The van der Waals surface area contributed by atoms with Crippen LogP contribution in [0.4, 0.5) is 0 Å². The third kappa shape index (κ3) is 5.08. The fraction of sp³-hybridized carbons (Fsp3) is 0.375. The van der Waals surface area contributed by atoms with E-state index in [9.17, 15) is 9.59 Å². The minimum absolute atomic E-state index is 0.0128. The molecular formula is C16H21NO2.